The molecule has 0 radical (unpaired) electrons. The quantitative estimate of drug-likeness (QED) is 0.703. The van der Waals surface area contributed by atoms with Gasteiger partial charge in [-0.2, -0.15) is 0 Å². The maximum Gasteiger partial charge on any atom is 0.133 e. The smallest absolute Gasteiger partial charge is 0.133 e. The summed E-state index contributed by atoms with van der Waals surface area (Å²) in [5.41, 5.74) is 2.08. The van der Waals surface area contributed by atoms with Gasteiger partial charge in [-0.3, -0.25) is 4.79 Å². The summed E-state index contributed by atoms with van der Waals surface area (Å²) < 4.78 is 0. The Hall–Kier alpha value is -0.630. The predicted molar refractivity (Wildman–Crippen MR) is 101 cm³/mol. The number of hydrogen-bond donors (Lipinski definition) is 1. The van der Waals surface area contributed by atoms with Crippen molar-refractivity contribution >= 4 is 5.78 Å². The van der Waals surface area contributed by atoms with Crippen LogP contribution in [0.2, 0.25) is 0 Å². The molecule has 8 atom stereocenters. The lowest BCUT2D eigenvalue weighted by Crippen LogP contribution is -2.51. The third kappa shape index (κ3) is 2.42. The number of hydrogen-bond acceptors (Lipinski definition) is 2. The molecule has 25 heavy (non-hydrogen) atoms. The standard InChI is InChI=1S/C23H36O2/c1-5-15-12-20-18-7-6-16-13-17(25)8-10-22(16,3)19(18)9-11-23(20,4)21(15)14(2)24/h6,15,17-21,25H,5,7-13H2,1-4H3/t15?,17-,18+,19-,20-,21-,22-,23-/m0/s1. The topological polar surface area (TPSA) is 37.3 Å². The van der Waals surface area contributed by atoms with Crippen molar-refractivity contribution in [3.63, 3.8) is 0 Å². The Morgan fingerprint density at radius 1 is 1.24 bits per heavy atom. The van der Waals surface area contributed by atoms with Crippen molar-refractivity contribution in [3.8, 4) is 0 Å². The van der Waals surface area contributed by atoms with Crippen LogP contribution in [0.4, 0.5) is 0 Å². The Bertz CT molecular complexity index is 593. The Balaban J connectivity index is 1.68. The van der Waals surface area contributed by atoms with Crippen LogP contribution in [-0.2, 0) is 4.79 Å². The molecule has 0 aromatic rings. The molecule has 3 saturated carbocycles. The van der Waals surface area contributed by atoms with Crippen molar-refractivity contribution < 1.29 is 9.90 Å². The number of carbonyl (C=O) groups is 1. The first-order valence-electron chi connectivity index (χ1n) is 10.7. The first-order valence-corrected chi connectivity index (χ1v) is 10.7. The number of allylic oxidation sites excluding steroid dienone is 1. The zero-order chi connectivity index (χ0) is 18.0. The Labute approximate surface area is 153 Å². The van der Waals surface area contributed by atoms with Crippen molar-refractivity contribution in [2.24, 2.45) is 40.4 Å². The van der Waals surface area contributed by atoms with Crippen molar-refractivity contribution in [3.05, 3.63) is 11.6 Å². The lowest BCUT2D eigenvalue weighted by Gasteiger charge is -2.57. The van der Waals surface area contributed by atoms with Crippen LogP contribution in [-0.4, -0.2) is 17.0 Å². The summed E-state index contributed by atoms with van der Waals surface area (Å²) in [7, 11) is 0. The zero-order valence-corrected chi connectivity index (χ0v) is 16.6. The Kier molecular flexibility index (Phi) is 4.22. The molecule has 2 heteroatoms. The molecule has 0 amide bonds. The molecule has 0 aliphatic heterocycles. The van der Waals surface area contributed by atoms with E-state index in [1.165, 1.54) is 25.7 Å². The number of carbonyl (C=O) groups excluding carboxylic acids is 1. The van der Waals surface area contributed by atoms with Gasteiger partial charge in [0.25, 0.3) is 0 Å². The van der Waals surface area contributed by atoms with Crippen LogP contribution in [0.1, 0.15) is 79.1 Å². The van der Waals surface area contributed by atoms with Crippen LogP contribution in [0, 0.1) is 40.4 Å². The van der Waals surface area contributed by atoms with E-state index in [1.54, 1.807) is 5.57 Å². The van der Waals surface area contributed by atoms with Gasteiger partial charge in [-0.15, -0.1) is 0 Å². The molecule has 0 bridgehead atoms. The fourth-order valence-corrected chi connectivity index (χ4v) is 8.02. The van der Waals surface area contributed by atoms with E-state index in [4.69, 9.17) is 0 Å². The van der Waals surface area contributed by atoms with Crippen molar-refractivity contribution in [1.82, 2.24) is 0 Å². The first-order chi connectivity index (χ1) is 11.8. The zero-order valence-electron chi connectivity index (χ0n) is 16.6. The molecule has 1 N–H and O–H groups in total. The molecule has 2 nitrogen and oxygen atoms in total. The SMILES string of the molecule is CCC1C[C@H]2[C@@H]3CC=C4C[C@@H](O)CC[C@]4(C)[C@H]3CC[C@]2(C)[C@H]1C(C)=O. The van der Waals surface area contributed by atoms with Crippen LogP contribution in [0.25, 0.3) is 0 Å². The first kappa shape index (κ1) is 17.8. The van der Waals surface area contributed by atoms with E-state index in [9.17, 15) is 9.90 Å². The van der Waals surface area contributed by atoms with Gasteiger partial charge < -0.3 is 5.11 Å². The van der Waals surface area contributed by atoms with Crippen LogP contribution >= 0.6 is 0 Å². The number of Topliss-reactive ketones (excluding diaryl/α,β-unsaturated/α-hetero) is 1. The van der Waals surface area contributed by atoms with E-state index in [1.807, 2.05) is 6.92 Å². The number of rotatable bonds is 2. The highest BCUT2D eigenvalue weighted by Gasteiger charge is 2.61. The lowest BCUT2D eigenvalue weighted by atomic mass is 9.47. The average Bonchev–Trinajstić information content (AvgIpc) is 2.88. The molecule has 140 valence electrons. The van der Waals surface area contributed by atoms with Crippen LogP contribution in [0.15, 0.2) is 11.6 Å². The number of ketones is 1. The fraction of sp³-hybridized carbons (Fsp3) is 0.870. The van der Waals surface area contributed by atoms with E-state index < -0.39 is 0 Å². The lowest BCUT2D eigenvalue weighted by molar-refractivity contribution is -0.129. The van der Waals surface area contributed by atoms with Crippen LogP contribution in [0.5, 0.6) is 0 Å². The minimum atomic E-state index is -0.122. The molecule has 0 heterocycles. The predicted octanol–water partition coefficient (Wildman–Crippen LogP) is 5.15. The second kappa shape index (κ2) is 5.94. The van der Waals surface area contributed by atoms with Crippen LogP contribution < -0.4 is 0 Å². The Morgan fingerprint density at radius 3 is 2.68 bits per heavy atom. The number of fused-ring (bicyclic) bond motifs is 5. The molecule has 0 aromatic carbocycles. The van der Waals surface area contributed by atoms with Gasteiger partial charge in [0.15, 0.2) is 0 Å². The normalized spacial score (nSPS) is 52.0. The van der Waals surface area contributed by atoms with Gasteiger partial charge in [-0.05, 0) is 86.4 Å². The molecular weight excluding hydrogens is 308 g/mol. The molecule has 0 saturated heterocycles. The Morgan fingerprint density at radius 2 is 2.00 bits per heavy atom. The number of aliphatic hydroxyl groups excluding tert-OH is 1. The highest BCUT2D eigenvalue weighted by molar-refractivity contribution is 5.80. The van der Waals surface area contributed by atoms with Gasteiger partial charge in [0, 0.05) is 5.92 Å². The average molecular weight is 345 g/mol. The highest BCUT2D eigenvalue weighted by atomic mass is 16.3. The largest absolute Gasteiger partial charge is 0.393 e. The van der Waals surface area contributed by atoms with E-state index in [-0.39, 0.29) is 17.4 Å². The summed E-state index contributed by atoms with van der Waals surface area (Å²) in [6.07, 6.45) is 11.5. The third-order valence-corrected chi connectivity index (χ3v) is 9.22. The monoisotopic (exact) mass is 344 g/mol. The van der Waals surface area contributed by atoms with Gasteiger partial charge in [-0.1, -0.05) is 38.8 Å². The minimum absolute atomic E-state index is 0.122. The van der Waals surface area contributed by atoms with Crippen molar-refractivity contribution in [2.45, 2.75) is 85.2 Å². The van der Waals surface area contributed by atoms with E-state index in [2.05, 4.69) is 26.8 Å². The van der Waals surface area contributed by atoms with E-state index in [0.29, 0.717) is 23.0 Å². The van der Waals surface area contributed by atoms with Crippen LogP contribution in [0.3, 0.4) is 0 Å². The molecular formula is C23H36O2. The number of aliphatic hydroxyl groups is 1. The summed E-state index contributed by atoms with van der Waals surface area (Å²) >= 11 is 0. The maximum atomic E-state index is 12.5. The summed E-state index contributed by atoms with van der Waals surface area (Å²) in [5.74, 6) is 3.55. The third-order valence-electron chi connectivity index (χ3n) is 9.22. The van der Waals surface area contributed by atoms with Gasteiger partial charge in [-0.25, -0.2) is 0 Å². The molecule has 4 rings (SSSR count). The second-order valence-electron chi connectivity index (χ2n) is 10.2. The fourth-order valence-electron chi connectivity index (χ4n) is 8.02. The summed E-state index contributed by atoms with van der Waals surface area (Å²) in [6, 6.07) is 0. The van der Waals surface area contributed by atoms with E-state index >= 15 is 0 Å². The second-order valence-corrected chi connectivity index (χ2v) is 10.2. The summed E-state index contributed by atoms with van der Waals surface area (Å²) in [4.78, 5) is 12.5. The van der Waals surface area contributed by atoms with Crippen molar-refractivity contribution in [2.75, 3.05) is 0 Å². The molecule has 4 aliphatic rings. The maximum absolute atomic E-state index is 12.5. The van der Waals surface area contributed by atoms with Gasteiger partial charge >= 0.3 is 0 Å². The summed E-state index contributed by atoms with van der Waals surface area (Å²) in [5, 5.41) is 10.1. The van der Waals surface area contributed by atoms with Gasteiger partial charge in [0.05, 0.1) is 6.10 Å². The minimum Gasteiger partial charge on any atom is -0.393 e. The highest BCUT2D eigenvalue weighted by Crippen LogP contribution is 2.67. The molecule has 0 aromatic heterocycles. The van der Waals surface area contributed by atoms with E-state index in [0.717, 1.165) is 37.5 Å². The molecule has 0 spiro atoms. The van der Waals surface area contributed by atoms with Crippen molar-refractivity contribution in [1.29, 1.82) is 0 Å². The van der Waals surface area contributed by atoms with Gasteiger partial charge in [0.2, 0.25) is 0 Å². The molecule has 1 unspecified atom stereocenters. The summed E-state index contributed by atoms with van der Waals surface area (Å²) in [6.45, 7) is 9.05. The molecule has 3 fully saturated rings. The van der Waals surface area contributed by atoms with Gasteiger partial charge in [0.1, 0.15) is 5.78 Å². The molecule has 4 aliphatic carbocycles.